The van der Waals surface area contributed by atoms with Gasteiger partial charge in [0, 0.05) is 6.07 Å². The topological polar surface area (TPSA) is 84.9 Å². The van der Waals surface area contributed by atoms with Crippen molar-refractivity contribution >= 4 is 11.9 Å². The van der Waals surface area contributed by atoms with Gasteiger partial charge in [-0.15, -0.1) is 0 Å². The van der Waals surface area contributed by atoms with E-state index in [1.807, 2.05) is 0 Å². The summed E-state index contributed by atoms with van der Waals surface area (Å²) in [4.78, 5) is 23.9. The highest BCUT2D eigenvalue weighted by molar-refractivity contribution is 6.00. The number of benzene rings is 1. The Morgan fingerprint density at radius 2 is 1.86 bits per heavy atom. The molecule has 1 fully saturated rings. The first-order valence-corrected chi connectivity index (χ1v) is 6.80. The molecule has 0 aliphatic heterocycles. The maximum atomic E-state index is 12.4. The van der Waals surface area contributed by atoms with Gasteiger partial charge in [0.15, 0.2) is 0 Å². The van der Waals surface area contributed by atoms with E-state index in [1.165, 1.54) is 14.2 Å². The van der Waals surface area contributed by atoms with Crippen molar-refractivity contribution in [3.8, 4) is 11.5 Å². The Labute approximate surface area is 123 Å². The zero-order valence-electron chi connectivity index (χ0n) is 12.1. The molecule has 6 heteroatoms. The molecular formula is C15H19NO5. The molecule has 1 aromatic carbocycles. The smallest absolute Gasteiger partial charge is 0.329 e. The van der Waals surface area contributed by atoms with Gasteiger partial charge >= 0.3 is 5.97 Å². The van der Waals surface area contributed by atoms with Crippen LogP contribution < -0.4 is 14.8 Å². The van der Waals surface area contributed by atoms with Gasteiger partial charge in [-0.3, -0.25) is 4.79 Å². The molecule has 1 aliphatic rings. The van der Waals surface area contributed by atoms with Crippen LogP contribution in [0.5, 0.6) is 11.5 Å². The second kappa shape index (κ2) is 6.03. The molecule has 1 aromatic rings. The highest BCUT2D eigenvalue weighted by Crippen LogP contribution is 2.31. The summed E-state index contributed by atoms with van der Waals surface area (Å²) in [6.07, 6.45) is 2.50. The van der Waals surface area contributed by atoms with E-state index in [9.17, 15) is 14.7 Å². The van der Waals surface area contributed by atoms with E-state index < -0.39 is 17.4 Å². The number of carbonyl (C=O) groups is 2. The van der Waals surface area contributed by atoms with E-state index in [1.54, 1.807) is 18.2 Å². The van der Waals surface area contributed by atoms with Crippen LogP contribution in [-0.4, -0.2) is 36.7 Å². The van der Waals surface area contributed by atoms with E-state index in [2.05, 4.69) is 5.32 Å². The second-order valence-corrected chi connectivity index (χ2v) is 5.11. The minimum absolute atomic E-state index is 0.297. The van der Waals surface area contributed by atoms with E-state index in [0.717, 1.165) is 12.8 Å². The molecule has 6 nitrogen and oxygen atoms in total. The van der Waals surface area contributed by atoms with Gasteiger partial charge in [0.05, 0.1) is 19.8 Å². The number of methoxy groups -OCH3 is 2. The number of hydrogen-bond acceptors (Lipinski definition) is 4. The van der Waals surface area contributed by atoms with Crippen LogP contribution in [0.15, 0.2) is 18.2 Å². The molecule has 1 saturated carbocycles. The van der Waals surface area contributed by atoms with Gasteiger partial charge in [-0.25, -0.2) is 4.79 Å². The summed E-state index contributed by atoms with van der Waals surface area (Å²) in [6, 6.07) is 4.80. The Morgan fingerprint density at radius 1 is 1.19 bits per heavy atom. The van der Waals surface area contributed by atoms with Gasteiger partial charge in [-0.2, -0.15) is 0 Å². The molecule has 0 saturated heterocycles. The summed E-state index contributed by atoms with van der Waals surface area (Å²) < 4.78 is 10.3. The van der Waals surface area contributed by atoms with Gasteiger partial charge in [0.25, 0.3) is 5.91 Å². The zero-order chi connectivity index (χ0) is 15.5. The number of carboxylic acids is 1. The number of aliphatic carboxylic acids is 1. The van der Waals surface area contributed by atoms with Crippen molar-refractivity contribution in [2.24, 2.45) is 0 Å². The fourth-order valence-corrected chi connectivity index (χ4v) is 2.64. The molecule has 2 rings (SSSR count). The monoisotopic (exact) mass is 293 g/mol. The predicted octanol–water partition coefficient (Wildman–Crippen LogP) is 1.83. The Morgan fingerprint density at radius 3 is 2.38 bits per heavy atom. The molecule has 1 amide bonds. The first-order valence-electron chi connectivity index (χ1n) is 6.80. The van der Waals surface area contributed by atoms with Crippen molar-refractivity contribution < 1.29 is 24.2 Å². The van der Waals surface area contributed by atoms with Crippen molar-refractivity contribution in [3.05, 3.63) is 23.8 Å². The minimum Gasteiger partial charge on any atom is -0.497 e. The van der Waals surface area contributed by atoms with Gasteiger partial charge in [-0.05, 0) is 25.0 Å². The Hall–Kier alpha value is -2.24. The number of carboxylic acid groups (broad SMARTS) is 1. The number of amides is 1. The van der Waals surface area contributed by atoms with Crippen LogP contribution in [0.1, 0.15) is 36.0 Å². The van der Waals surface area contributed by atoms with Gasteiger partial charge in [-0.1, -0.05) is 12.8 Å². The molecule has 0 spiro atoms. The van der Waals surface area contributed by atoms with E-state index in [4.69, 9.17) is 9.47 Å². The maximum absolute atomic E-state index is 12.4. The summed E-state index contributed by atoms with van der Waals surface area (Å²) in [5, 5.41) is 12.1. The standard InChI is InChI=1S/C15H19NO5/c1-20-10-5-6-11(12(9-10)21-2)13(17)16-15(14(18)19)7-3-4-8-15/h5-6,9H,3-4,7-8H2,1-2H3,(H,16,17)(H,18,19). The number of rotatable bonds is 5. The molecule has 0 aromatic heterocycles. The molecular weight excluding hydrogens is 274 g/mol. The lowest BCUT2D eigenvalue weighted by molar-refractivity contribution is -0.144. The SMILES string of the molecule is COc1ccc(C(=O)NC2(C(=O)O)CCCC2)c(OC)c1. The van der Waals surface area contributed by atoms with Crippen LogP contribution in [0.4, 0.5) is 0 Å². The van der Waals surface area contributed by atoms with E-state index in [0.29, 0.717) is 29.9 Å². The third kappa shape index (κ3) is 2.94. The second-order valence-electron chi connectivity index (χ2n) is 5.11. The molecule has 1 aliphatic carbocycles. The van der Waals surface area contributed by atoms with Gasteiger partial charge in [0.2, 0.25) is 0 Å². The van der Waals surface area contributed by atoms with Crippen LogP contribution >= 0.6 is 0 Å². The van der Waals surface area contributed by atoms with Crippen LogP contribution in [0, 0.1) is 0 Å². The summed E-state index contributed by atoms with van der Waals surface area (Å²) >= 11 is 0. The highest BCUT2D eigenvalue weighted by atomic mass is 16.5. The van der Waals surface area contributed by atoms with Crippen molar-refractivity contribution in [1.82, 2.24) is 5.32 Å². The number of carbonyl (C=O) groups excluding carboxylic acids is 1. The van der Waals surface area contributed by atoms with Crippen molar-refractivity contribution in [1.29, 1.82) is 0 Å². The van der Waals surface area contributed by atoms with E-state index >= 15 is 0 Å². The predicted molar refractivity (Wildman–Crippen MR) is 75.8 cm³/mol. The van der Waals surface area contributed by atoms with Gasteiger partial charge in [0.1, 0.15) is 17.0 Å². The lowest BCUT2D eigenvalue weighted by atomic mass is 9.97. The Balaban J connectivity index is 2.26. The average Bonchev–Trinajstić information content (AvgIpc) is 2.96. The summed E-state index contributed by atoms with van der Waals surface area (Å²) in [7, 11) is 2.97. The van der Waals surface area contributed by atoms with Gasteiger partial charge < -0.3 is 19.9 Å². The van der Waals surface area contributed by atoms with Crippen LogP contribution in [0.25, 0.3) is 0 Å². The lowest BCUT2D eigenvalue weighted by Crippen LogP contribution is -2.52. The van der Waals surface area contributed by atoms with Crippen LogP contribution in [0.2, 0.25) is 0 Å². The lowest BCUT2D eigenvalue weighted by Gasteiger charge is -2.25. The first-order chi connectivity index (χ1) is 10.0. The third-order valence-electron chi connectivity index (χ3n) is 3.87. The van der Waals surface area contributed by atoms with Crippen LogP contribution in [0.3, 0.4) is 0 Å². The van der Waals surface area contributed by atoms with Crippen molar-refractivity contribution in [2.45, 2.75) is 31.2 Å². The van der Waals surface area contributed by atoms with Crippen molar-refractivity contribution in [2.75, 3.05) is 14.2 Å². The molecule has 0 radical (unpaired) electrons. The Bertz CT molecular complexity index is 549. The van der Waals surface area contributed by atoms with Crippen molar-refractivity contribution in [3.63, 3.8) is 0 Å². The summed E-state index contributed by atoms with van der Waals surface area (Å²) in [6.45, 7) is 0. The third-order valence-corrected chi connectivity index (χ3v) is 3.87. The fraction of sp³-hybridized carbons (Fsp3) is 0.467. The summed E-state index contributed by atoms with van der Waals surface area (Å²) in [5.41, 5.74) is -0.868. The Kier molecular flexibility index (Phi) is 4.35. The largest absolute Gasteiger partial charge is 0.497 e. The van der Waals surface area contributed by atoms with E-state index in [-0.39, 0.29) is 0 Å². The fourth-order valence-electron chi connectivity index (χ4n) is 2.64. The molecule has 0 atom stereocenters. The first kappa shape index (κ1) is 15.2. The molecule has 2 N–H and O–H groups in total. The quantitative estimate of drug-likeness (QED) is 0.865. The molecule has 0 heterocycles. The average molecular weight is 293 g/mol. The molecule has 21 heavy (non-hydrogen) atoms. The molecule has 0 bridgehead atoms. The highest BCUT2D eigenvalue weighted by Gasteiger charge is 2.43. The normalized spacial score (nSPS) is 16.3. The number of nitrogens with one attached hydrogen (secondary N) is 1. The number of ether oxygens (including phenoxy) is 2. The molecule has 0 unspecified atom stereocenters. The summed E-state index contributed by atoms with van der Waals surface area (Å²) in [5.74, 6) is -0.512. The maximum Gasteiger partial charge on any atom is 0.329 e. The zero-order valence-corrected chi connectivity index (χ0v) is 12.1. The number of hydrogen-bond donors (Lipinski definition) is 2. The van der Waals surface area contributed by atoms with Crippen LogP contribution in [-0.2, 0) is 4.79 Å². The minimum atomic E-state index is -1.16. The molecule has 114 valence electrons.